The van der Waals surface area contributed by atoms with E-state index in [1.54, 1.807) is 7.11 Å². The molecule has 0 saturated carbocycles. The van der Waals surface area contributed by atoms with Crippen LogP contribution in [0.2, 0.25) is 6.82 Å². The first-order valence-corrected chi connectivity index (χ1v) is 8.41. The lowest BCUT2D eigenvalue weighted by atomic mass is 9.54. The molecule has 0 atom stereocenters. The van der Waals surface area contributed by atoms with Crippen LogP contribution in [0.25, 0.3) is 0 Å². The molecule has 0 spiro atoms. The molecule has 0 amide bonds. The number of hydrogen-bond acceptors (Lipinski definition) is 1. The maximum Gasteiger partial charge on any atom is 0.323 e. The Hall–Kier alpha value is -0.755. The van der Waals surface area contributed by atoms with Gasteiger partial charge in [-0.3, -0.25) is 0 Å². The van der Waals surface area contributed by atoms with Crippen LogP contribution in [0.15, 0.2) is 12.1 Å². The van der Waals surface area contributed by atoms with Crippen molar-refractivity contribution in [2.24, 2.45) is 0 Å². The fourth-order valence-corrected chi connectivity index (χ4v) is 2.88. The van der Waals surface area contributed by atoms with Gasteiger partial charge in [-0.2, -0.15) is 0 Å². The van der Waals surface area contributed by atoms with E-state index in [2.05, 4.69) is 81.3 Å². The van der Waals surface area contributed by atoms with Gasteiger partial charge in [0.1, 0.15) is 0 Å². The van der Waals surface area contributed by atoms with Crippen molar-refractivity contribution in [1.29, 1.82) is 0 Å². The fourth-order valence-electron chi connectivity index (χ4n) is 2.88. The summed E-state index contributed by atoms with van der Waals surface area (Å²) in [5.41, 5.74) is 5.96. The minimum Gasteiger partial charge on any atom is -0.434 e. The van der Waals surface area contributed by atoms with Gasteiger partial charge in [-0.25, -0.2) is 0 Å². The Kier molecular flexibility index (Phi) is 5.29. The maximum absolute atomic E-state index is 5.73. The van der Waals surface area contributed by atoms with Crippen LogP contribution in [-0.2, 0) is 20.9 Å². The highest BCUT2D eigenvalue weighted by Gasteiger charge is 2.32. The van der Waals surface area contributed by atoms with E-state index in [0.29, 0.717) is 0 Å². The van der Waals surface area contributed by atoms with Crippen molar-refractivity contribution in [3.05, 3.63) is 28.8 Å². The average Bonchev–Trinajstić information content (AvgIpc) is 2.33. The molecule has 1 rings (SSSR count). The molecule has 0 N–H and O–H groups in total. The molecule has 0 aliphatic carbocycles. The van der Waals surface area contributed by atoms with Crippen LogP contribution in [0.3, 0.4) is 0 Å². The van der Waals surface area contributed by atoms with Gasteiger partial charge in [-0.1, -0.05) is 81.3 Å². The molecule has 124 valence electrons. The third kappa shape index (κ3) is 4.16. The molecule has 1 aromatic rings. The molecule has 0 fully saturated rings. The number of hydrogen-bond donors (Lipinski definition) is 0. The average molecular weight is 302 g/mol. The maximum atomic E-state index is 5.73. The standard InChI is InChI=1S/C20H35BO/c1-18(2,3)14-12-15(19(4,5)6)17(21(10)22-11)16(13-14)20(7,8)9/h12-13H,1-11H3. The van der Waals surface area contributed by atoms with E-state index in [9.17, 15) is 0 Å². The van der Waals surface area contributed by atoms with Crippen molar-refractivity contribution < 1.29 is 4.65 Å². The topological polar surface area (TPSA) is 9.23 Å². The summed E-state index contributed by atoms with van der Waals surface area (Å²) < 4.78 is 5.73. The smallest absolute Gasteiger partial charge is 0.323 e. The summed E-state index contributed by atoms with van der Waals surface area (Å²) in [7, 11) is 1.81. The van der Waals surface area contributed by atoms with Crippen LogP contribution in [0.5, 0.6) is 0 Å². The van der Waals surface area contributed by atoms with E-state index in [1.807, 2.05) is 0 Å². The summed E-state index contributed by atoms with van der Waals surface area (Å²) in [6, 6.07) is 4.81. The lowest BCUT2D eigenvalue weighted by molar-refractivity contribution is 0.432. The summed E-state index contributed by atoms with van der Waals surface area (Å²) in [5, 5.41) is 0. The highest BCUT2D eigenvalue weighted by molar-refractivity contribution is 6.67. The molecule has 0 unspecified atom stereocenters. The molecule has 0 saturated heterocycles. The van der Waals surface area contributed by atoms with E-state index in [1.165, 1.54) is 22.2 Å². The zero-order valence-electron chi connectivity index (χ0n) is 16.6. The fraction of sp³-hybridized carbons (Fsp3) is 0.700. The Labute approximate surface area is 139 Å². The molecule has 0 aliphatic heterocycles. The van der Waals surface area contributed by atoms with E-state index in [0.717, 1.165) is 0 Å². The second-order valence-corrected chi connectivity index (χ2v) is 9.61. The van der Waals surface area contributed by atoms with Crippen LogP contribution in [0, 0.1) is 0 Å². The Morgan fingerprint density at radius 3 is 1.32 bits per heavy atom. The van der Waals surface area contributed by atoms with Gasteiger partial charge >= 0.3 is 6.92 Å². The number of benzene rings is 1. The molecule has 0 aliphatic rings. The molecule has 0 heterocycles. The van der Waals surface area contributed by atoms with Gasteiger partial charge in [0.15, 0.2) is 0 Å². The van der Waals surface area contributed by atoms with Gasteiger partial charge < -0.3 is 4.65 Å². The first-order chi connectivity index (χ1) is 9.69. The summed E-state index contributed by atoms with van der Waals surface area (Å²) in [5.74, 6) is 0. The minimum absolute atomic E-state index is 0.101. The Bertz CT molecular complexity index is 489. The molecule has 0 radical (unpaired) electrons. The minimum atomic E-state index is 0.101. The van der Waals surface area contributed by atoms with Crippen LogP contribution in [-0.4, -0.2) is 14.0 Å². The van der Waals surface area contributed by atoms with Gasteiger partial charge in [0.05, 0.1) is 0 Å². The molecule has 22 heavy (non-hydrogen) atoms. The lowest BCUT2D eigenvalue weighted by Crippen LogP contribution is -2.42. The van der Waals surface area contributed by atoms with Crippen molar-refractivity contribution in [1.82, 2.24) is 0 Å². The zero-order valence-corrected chi connectivity index (χ0v) is 16.6. The SMILES string of the molecule is COB(C)c1c(C(C)(C)C)cc(C(C)(C)C)cc1C(C)(C)C. The van der Waals surface area contributed by atoms with E-state index in [4.69, 9.17) is 4.65 Å². The van der Waals surface area contributed by atoms with E-state index in [-0.39, 0.29) is 23.2 Å². The van der Waals surface area contributed by atoms with Crippen molar-refractivity contribution in [3.63, 3.8) is 0 Å². The third-order valence-electron chi connectivity index (χ3n) is 4.42. The quantitative estimate of drug-likeness (QED) is 0.694. The molecule has 0 bridgehead atoms. The lowest BCUT2D eigenvalue weighted by Gasteiger charge is -2.34. The van der Waals surface area contributed by atoms with Gasteiger partial charge in [-0.15, -0.1) is 0 Å². The van der Waals surface area contributed by atoms with Crippen molar-refractivity contribution in [2.75, 3.05) is 7.11 Å². The number of rotatable bonds is 2. The molecule has 0 aromatic heterocycles. The summed E-state index contributed by atoms with van der Waals surface area (Å²) in [6.07, 6.45) is 0. The second-order valence-electron chi connectivity index (χ2n) is 9.61. The molecule has 1 nitrogen and oxygen atoms in total. The first kappa shape index (κ1) is 19.3. The zero-order chi connectivity index (χ0) is 17.5. The van der Waals surface area contributed by atoms with Crippen LogP contribution in [0.1, 0.15) is 79.0 Å². The molecular weight excluding hydrogens is 267 g/mol. The highest BCUT2D eigenvalue weighted by Crippen LogP contribution is 2.33. The predicted octanol–water partition coefficient (Wildman–Crippen LogP) is 5.05. The van der Waals surface area contributed by atoms with Gasteiger partial charge in [0.2, 0.25) is 0 Å². The van der Waals surface area contributed by atoms with E-state index >= 15 is 0 Å². The van der Waals surface area contributed by atoms with Crippen LogP contribution in [0.4, 0.5) is 0 Å². The van der Waals surface area contributed by atoms with E-state index < -0.39 is 0 Å². The monoisotopic (exact) mass is 302 g/mol. The van der Waals surface area contributed by atoms with Crippen LogP contribution < -0.4 is 5.46 Å². The first-order valence-electron chi connectivity index (χ1n) is 8.41. The van der Waals surface area contributed by atoms with Gasteiger partial charge in [-0.05, 0) is 38.4 Å². The van der Waals surface area contributed by atoms with Crippen molar-refractivity contribution >= 4 is 12.4 Å². The third-order valence-corrected chi connectivity index (χ3v) is 4.42. The van der Waals surface area contributed by atoms with Gasteiger partial charge in [0, 0.05) is 7.11 Å². The normalized spacial score (nSPS) is 13.4. The Morgan fingerprint density at radius 1 is 0.727 bits per heavy atom. The van der Waals surface area contributed by atoms with Crippen molar-refractivity contribution in [3.8, 4) is 0 Å². The summed E-state index contributed by atoms with van der Waals surface area (Å²) in [4.78, 5) is 0. The second kappa shape index (κ2) is 6.04. The van der Waals surface area contributed by atoms with Crippen LogP contribution >= 0.6 is 0 Å². The largest absolute Gasteiger partial charge is 0.434 e. The molecule has 1 aromatic carbocycles. The Morgan fingerprint density at radius 2 is 1.09 bits per heavy atom. The summed E-state index contributed by atoms with van der Waals surface area (Å²) in [6.45, 7) is 22.9. The Balaban J connectivity index is 3.86. The predicted molar refractivity (Wildman–Crippen MR) is 101 cm³/mol. The molecule has 2 heteroatoms. The van der Waals surface area contributed by atoms with Gasteiger partial charge in [0.25, 0.3) is 0 Å². The highest BCUT2D eigenvalue weighted by atomic mass is 16.4. The van der Waals surface area contributed by atoms with Crippen molar-refractivity contribution in [2.45, 2.75) is 85.4 Å². The summed E-state index contributed by atoms with van der Waals surface area (Å²) >= 11 is 0. The molecular formula is C20H35BO.